The van der Waals surface area contributed by atoms with Crippen molar-refractivity contribution in [1.82, 2.24) is 9.78 Å². The Kier molecular flexibility index (Phi) is 4.03. The predicted octanol–water partition coefficient (Wildman–Crippen LogP) is 2.16. The molecule has 0 aliphatic carbocycles. The summed E-state index contributed by atoms with van der Waals surface area (Å²) in [7, 11) is 1.55. The number of hydrogen-bond donors (Lipinski definition) is 1. The van der Waals surface area contributed by atoms with Gasteiger partial charge in [-0.3, -0.25) is 4.79 Å². The first-order chi connectivity index (χ1) is 9.88. The quantitative estimate of drug-likeness (QED) is 0.877. The zero-order chi connectivity index (χ0) is 15.6. The summed E-state index contributed by atoms with van der Waals surface area (Å²) in [6, 6.07) is 7.60. The van der Waals surface area contributed by atoms with E-state index in [1.807, 2.05) is 32.0 Å². The Morgan fingerprint density at radius 2 is 2.00 bits per heavy atom. The summed E-state index contributed by atoms with van der Waals surface area (Å²) in [4.78, 5) is 22.6. The molecule has 0 bridgehead atoms. The monoisotopic (exact) mass is 284 g/mol. The van der Waals surface area contributed by atoms with Crippen LogP contribution in [-0.2, 0) is 11.8 Å². The summed E-state index contributed by atoms with van der Waals surface area (Å²) in [6.07, 6.45) is 2.24. The number of carboxylic acid groups (broad SMARTS) is 1. The van der Waals surface area contributed by atoms with Crippen LogP contribution in [0.2, 0.25) is 0 Å². The van der Waals surface area contributed by atoms with Gasteiger partial charge in [0.25, 0.3) is 5.56 Å². The number of hydrogen-bond acceptors (Lipinski definition) is 3. The second kappa shape index (κ2) is 5.75. The van der Waals surface area contributed by atoms with E-state index in [2.05, 4.69) is 5.10 Å². The maximum Gasteiger partial charge on any atom is 0.328 e. The zero-order valence-electron chi connectivity index (χ0n) is 12.1. The van der Waals surface area contributed by atoms with Crippen LogP contribution in [0, 0.1) is 13.8 Å². The number of carboxylic acids is 1. The number of nitrogens with zero attached hydrogens (tertiary/aromatic N) is 2. The molecule has 5 heteroatoms. The Balaban J connectivity index is 2.63. The minimum atomic E-state index is -1.10. The highest BCUT2D eigenvalue weighted by Gasteiger charge is 2.09. The van der Waals surface area contributed by atoms with Gasteiger partial charge in [0, 0.05) is 24.3 Å². The van der Waals surface area contributed by atoms with Gasteiger partial charge >= 0.3 is 5.97 Å². The van der Waals surface area contributed by atoms with Gasteiger partial charge in [0.05, 0.1) is 5.69 Å². The summed E-state index contributed by atoms with van der Waals surface area (Å²) in [5.41, 5.74) is 3.67. The average molecular weight is 284 g/mol. The number of benzene rings is 1. The van der Waals surface area contributed by atoms with E-state index in [-0.39, 0.29) is 5.56 Å². The second-order valence-corrected chi connectivity index (χ2v) is 4.90. The van der Waals surface area contributed by atoms with E-state index in [0.717, 1.165) is 22.8 Å². The largest absolute Gasteiger partial charge is 0.478 e. The van der Waals surface area contributed by atoms with Crippen LogP contribution >= 0.6 is 0 Å². The van der Waals surface area contributed by atoms with Crippen molar-refractivity contribution < 1.29 is 9.90 Å². The van der Waals surface area contributed by atoms with E-state index in [0.29, 0.717) is 11.3 Å². The molecule has 1 aromatic carbocycles. The molecule has 0 unspecified atom stereocenters. The average Bonchev–Trinajstić information content (AvgIpc) is 2.43. The molecule has 0 saturated heterocycles. The first-order valence-corrected chi connectivity index (χ1v) is 6.45. The molecule has 1 aromatic heterocycles. The van der Waals surface area contributed by atoms with Crippen LogP contribution in [0.25, 0.3) is 17.3 Å². The van der Waals surface area contributed by atoms with E-state index in [1.54, 1.807) is 13.1 Å². The molecule has 0 amide bonds. The highest BCUT2D eigenvalue weighted by Crippen LogP contribution is 2.22. The van der Waals surface area contributed by atoms with Gasteiger partial charge in [-0.1, -0.05) is 17.7 Å². The summed E-state index contributed by atoms with van der Waals surface area (Å²) in [5, 5.41) is 12.9. The second-order valence-electron chi connectivity index (χ2n) is 4.90. The maximum atomic E-state index is 12.0. The zero-order valence-corrected chi connectivity index (χ0v) is 12.1. The summed E-state index contributed by atoms with van der Waals surface area (Å²) in [6.45, 7) is 3.95. The van der Waals surface area contributed by atoms with Crippen LogP contribution in [0.3, 0.4) is 0 Å². The Bertz CT molecular complexity index is 789. The van der Waals surface area contributed by atoms with Crippen molar-refractivity contribution in [3.05, 3.63) is 57.4 Å². The summed E-state index contributed by atoms with van der Waals surface area (Å²) >= 11 is 0. The van der Waals surface area contributed by atoms with Crippen LogP contribution in [-0.4, -0.2) is 20.9 Å². The molecule has 108 valence electrons. The van der Waals surface area contributed by atoms with Crippen molar-refractivity contribution in [3.8, 4) is 11.3 Å². The number of rotatable bonds is 3. The Morgan fingerprint density at radius 3 is 2.67 bits per heavy atom. The summed E-state index contributed by atoms with van der Waals surface area (Å²) in [5.74, 6) is -1.10. The van der Waals surface area contributed by atoms with E-state index in [9.17, 15) is 9.59 Å². The molecule has 0 fully saturated rings. The topological polar surface area (TPSA) is 72.2 Å². The lowest BCUT2D eigenvalue weighted by Crippen LogP contribution is -2.22. The molecule has 2 rings (SSSR count). The van der Waals surface area contributed by atoms with E-state index in [4.69, 9.17) is 5.11 Å². The van der Waals surface area contributed by atoms with Gasteiger partial charge in [0.15, 0.2) is 0 Å². The molecule has 0 aliphatic rings. The molecule has 0 atom stereocenters. The van der Waals surface area contributed by atoms with Crippen LogP contribution in [0.5, 0.6) is 0 Å². The third kappa shape index (κ3) is 3.25. The van der Waals surface area contributed by atoms with E-state index in [1.165, 1.54) is 10.8 Å². The third-order valence-corrected chi connectivity index (χ3v) is 3.17. The van der Waals surface area contributed by atoms with Crippen LogP contribution in [0.15, 0.2) is 35.1 Å². The fraction of sp³-hybridized carbons (Fsp3) is 0.188. The fourth-order valence-corrected chi connectivity index (χ4v) is 2.06. The molecule has 5 nitrogen and oxygen atoms in total. The summed E-state index contributed by atoms with van der Waals surface area (Å²) < 4.78 is 1.22. The predicted molar refractivity (Wildman–Crippen MR) is 81.1 cm³/mol. The lowest BCUT2D eigenvalue weighted by atomic mass is 10.0. The lowest BCUT2D eigenvalue weighted by Gasteiger charge is -2.09. The van der Waals surface area contributed by atoms with Crippen molar-refractivity contribution in [1.29, 1.82) is 0 Å². The van der Waals surface area contributed by atoms with Crippen molar-refractivity contribution >= 4 is 12.0 Å². The van der Waals surface area contributed by atoms with E-state index < -0.39 is 5.97 Å². The number of carbonyl (C=O) groups is 1. The minimum absolute atomic E-state index is 0.297. The van der Waals surface area contributed by atoms with Crippen molar-refractivity contribution in [3.63, 3.8) is 0 Å². The SMILES string of the molecule is Cc1ccc(C)c(-c2cc(/C=C/C(=O)O)c(=O)n(C)n2)c1. The Labute approximate surface area is 122 Å². The lowest BCUT2D eigenvalue weighted by molar-refractivity contribution is -0.131. The van der Waals surface area contributed by atoms with Gasteiger partial charge in [0.2, 0.25) is 0 Å². The first-order valence-electron chi connectivity index (χ1n) is 6.45. The number of aliphatic carboxylic acids is 1. The molecular formula is C16H16N2O3. The van der Waals surface area contributed by atoms with Crippen molar-refractivity contribution in [2.24, 2.45) is 7.05 Å². The molecule has 0 radical (unpaired) electrons. The van der Waals surface area contributed by atoms with Crippen molar-refractivity contribution in [2.45, 2.75) is 13.8 Å². The normalized spacial score (nSPS) is 11.0. The van der Waals surface area contributed by atoms with Gasteiger partial charge in [-0.15, -0.1) is 0 Å². The van der Waals surface area contributed by atoms with Crippen LogP contribution in [0.4, 0.5) is 0 Å². The molecule has 0 spiro atoms. The van der Waals surface area contributed by atoms with Gasteiger partial charge in [-0.05, 0) is 37.6 Å². The Hall–Kier alpha value is -2.69. The van der Waals surface area contributed by atoms with Gasteiger partial charge in [-0.2, -0.15) is 5.10 Å². The van der Waals surface area contributed by atoms with Crippen LogP contribution in [0.1, 0.15) is 16.7 Å². The van der Waals surface area contributed by atoms with E-state index >= 15 is 0 Å². The van der Waals surface area contributed by atoms with Gasteiger partial charge in [0.1, 0.15) is 0 Å². The molecular weight excluding hydrogens is 268 g/mol. The third-order valence-electron chi connectivity index (χ3n) is 3.17. The van der Waals surface area contributed by atoms with Crippen LogP contribution < -0.4 is 5.56 Å². The maximum absolute atomic E-state index is 12.0. The number of aryl methyl sites for hydroxylation is 3. The minimum Gasteiger partial charge on any atom is -0.478 e. The smallest absolute Gasteiger partial charge is 0.328 e. The standard InChI is InChI=1S/C16H16N2O3/c1-10-4-5-11(2)13(8-10)14-9-12(6-7-15(19)20)16(21)18(3)17-14/h4-9H,1-3H3,(H,19,20)/b7-6+. The number of aromatic nitrogens is 2. The van der Waals surface area contributed by atoms with Gasteiger partial charge in [-0.25, -0.2) is 9.48 Å². The highest BCUT2D eigenvalue weighted by molar-refractivity contribution is 5.85. The molecule has 1 N–H and O–H groups in total. The molecule has 0 aliphatic heterocycles. The van der Waals surface area contributed by atoms with Crippen molar-refractivity contribution in [2.75, 3.05) is 0 Å². The molecule has 0 saturated carbocycles. The highest BCUT2D eigenvalue weighted by atomic mass is 16.4. The first kappa shape index (κ1) is 14.7. The fourth-order valence-electron chi connectivity index (χ4n) is 2.06. The molecule has 1 heterocycles. The molecule has 2 aromatic rings. The van der Waals surface area contributed by atoms with Gasteiger partial charge < -0.3 is 5.11 Å². The molecule has 21 heavy (non-hydrogen) atoms. The Morgan fingerprint density at radius 1 is 1.29 bits per heavy atom.